The number of rotatable bonds is 5. The number of aromatic nitrogens is 3. The summed E-state index contributed by atoms with van der Waals surface area (Å²) in [5.41, 5.74) is 3.18. The van der Waals surface area contributed by atoms with Gasteiger partial charge in [-0.15, -0.1) is 5.10 Å². The average molecular weight is 373 g/mol. The van der Waals surface area contributed by atoms with E-state index in [1.54, 1.807) is 18.3 Å². The van der Waals surface area contributed by atoms with E-state index in [0.29, 0.717) is 23.0 Å². The van der Waals surface area contributed by atoms with E-state index in [1.807, 2.05) is 30.3 Å². The molecule has 0 atom stereocenters. The van der Waals surface area contributed by atoms with Gasteiger partial charge in [0.05, 0.1) is 42.0 Å². The highest BCUT2D eigenvalue weighted by atomic mass is 16.5. The monoisotopic (exact) mass is 373 g/mol. The molecular formula is C20H19N7O. The van der Waals surface area contributed by atoms with Crippen molar-refractivity contribution in [2.75, 3.05) is 41.8 Å². The standard InChI is InChI=1S/C20H19N7O/c21-13-15-5-1-2-6-16(15)24-20-25-19(14-22-26-20)23-17-7-3-4-8-18(17)27-9-11-28-12-10-27/h1-8,14H,9-12H2,(H2,23,24,25,26). The van der Waals surface area contributed by atoms with Gasteiger partial charge in [-0.1, -0.05) is 24.3 Å². The van der Waals surface area contributed by atoms with E-state index in [1.165, 1.54) is 0 Å². The smallest absolute Gasteiger partial charge is 0.249 e. The Labute approximate surface area is 162 Å². The number of anilines is 5. The van der Waals surface area contributed by atoms with Crippen molar-refractivity contribution in [1.82, 2.24) is 15.2 Å². The van der Waals surface area contributed by atoms with Crippen LogP contribution in [-0.2, 0) is 4.74 Å². The summed E-state index contributed by atoms with van der Waals surface area (Å²) in [5, 5.41) is 23.6. The Morgan fingerprint density at radius 3 is 2.54 bits per heavy atom. The number of nitrogens with one attached hydrogen (secondary N) is 2. The zero-order chi connectivity index (χ0) is 19.2. The molecule has 28 heavy (non-hydrogen) atoms. The molecule has 1 aromatic heterocycles. The molecule has 2 N–H and O–H groups in total. The van der Waals surface area contributed by atoms with Gasteiger partial charge in [-0.3, -0.25) is 0 Å². The minimum atomic E-state index is 0.316. The van der Waals surface area contributed by atoms with Crippen LogP contribution in [0.5, 0.6) is 0 Å². The highest BCUT2D eigenvalue weighted by molar-refractivity contribution is 5.74. The molecule has 1 fully saturated rings. The second-order valence-corrected chi connectivity index (χ2v) is 6.19. The molecule has 140 valence electrons. The molecule has 0 saturated carbocycles. The van der Waals surface area contributed by atoms with Gasteiger partial charge in [-0.25, -0.2) is 0 Å². The maximum Gasteiger partial charge on any atom is 0.249 e. The number of morpholine rings is 1. The first kappa shape index (κ1) is 17.7. The summed E-state index contributed by atoms with van der Waals surface area (Å²) in [6.07, 6.45) is 1.57. The first-order chi connectivity index (χ1) is 13.8. The number of hydrogen-bond donors (Lipinski definition) is 2. The number of hydrogen-bond acceptors (Lipinski definition) is 8. The topological polar surface area (TPSA) is 99.0 Å². The molecule has 0 spiro atoms. The van der Waals surface area contributed by atoms with Gasteiger partial charge in [-0.2, -0.15) is 15.3 Å². The van der Waals surface area contributed by atoms with Gasteiger partial charge in [0.25, 0.3) is 0 Å². The van der Waals surface area contributed by atoms with Crippen molar-refractivity contribution in [3.63, 3.8) is 0 Å². The van der Waals surface area contributed by atoms with Gasteiger partial charge < -0.3 is 20.3 Å². The van der Waals surface area contributed by atoms with Crippen LogP contribution >= 0.6 is 0 Å². The Balaban J connectivity index is 1.55. The lowest BCUT2D eigenvalue weighted by atomic mass is 10.2. The normalized spacial score (nSPS) is 13.6. The molecule has 2 aromatic carbocycles. The van der Waals surface area contributed by atoms with Crippen molar-refractivity contribution in [3.05, 3.63) is 60.3 Å². The highest BCUT2D eigenvalue weighted by Gasteiger charge is 2.15. The van der Waals surface area contributed by atoms with Crippen LogP contribution in [0.15, 0.2) is 54.7 Å². The zero-order valence-corrected chi connectivity index (χ0v) is 15.2. The predicted molar refractivity (Wildman–Crippen MR) is 107 cm³/mol. The fraction of sp³-hybridized carbons (Fsp3) is 0.200. The maximum atomic E-state index is 9.23. The minimum absolute atomic E-state index is 0.316. The van der Waals surface area contributed by atoms with Crippen LogP contribution < -0.4 is 15.5 Å². The van der Waals surface area contributed by atoms with Crippen molar-refractivity contribution in [1.29, 1.82) is 5.26 Å². The predicted octanol–water partition coefficient (Wildman–Crippen LogP) is 3.07. The van der Waals surface area contributed by atoms with E-state index in [4.69, 9.17) is 4.74 Å². The molecule has 0 aliphatic carbocycles. The summed E-state index contributed by atoms with van der Waals surface area (Å²) in [6.45, 7) is 3.13. The van der Waals surface area contributed by atoms with Crippen molar-refractivity contribution < 1.29 is 4.74 Å². The van der Waals surface area contributed by atoms with Gasteiger partial charge in [0.2, 0.25) is 5.95 Å². The molecule has 4 rings (SSSR count). The number of para-hydroxylation sites is 3. The fourth-order valence-electron chi connectivity index (χ4n) is 3.02. The Morgan fingerprint density at radius 1 is 0.964 bits per heavy atom. The SMILES string of the molecule is N#Cc1ccccc1Nc1nncc(Nc2ccccc2N2CCOCC2)n1. The summed E-state index contributed by atoms with van der Waals surface area (Å²) in [5.74, 6) is 0.879. The number of ether oxygens (including phenoxy) is 1. The summed E-state index contributed by atoms with van der Waals surface area (Å²) >= 11 is 0. The molecule has 0 amide bonds. The molecule has 3 aromatic rings. The Kier molecular flexibility index (Phi) is 5.26. The second kappa shape index (κ2) is 8.33. The lowest BCUT2D eigenvalue weighted by molar-refractivity contribution is 0.123. The van der Waals surface area contributed by atoms with Crippen LogP contribution in [0.1, 0.15) is 5.56 Å². The quantitative estimate of drug-likeness (QED) is 0.704. The summed E-state index contributed by atoms with van der Waals surface area (Å²) in [6, 6.07) is 17.4. The van der Waals surface area contributed by atoms with E-state index in [0.717, 1.165) is 37.7 Å². The number of benzene rings is 2. The highest BCUT2D eigenvalue weighted by Crippen LogP contribution is 2.29. The van der Waals surface area contributed by atoms with E-state index >= 15 is 0 Å². The van der Waals surface area contributed by atoms with Crippen LogP contribution in [0.25, 0.3) is 0 Å². The Hall–Kier alpha value is -3.70. The molecule has 0 unspecified atom stereocenters. The first-order valence-corrected chi connectivity index (χ1v) is 8.98. The van der Waals surface area contributed by atoms with Crippen molar-refractivity contribution in [2.45, 2.75) is 0 Å². The molecule has 8 heteroatoms. The van der Waals surface area contributed by atoms with Gasteiger partial charge in [0.1, 0.15) is 6.07 Å². The summed E-state index contributed by atoms with van der Waals surface area (Å²) in [7, 11) is 0. The molecule has 0 radical (unpaired) electrons. The molecule has 8 nitrogen and oxygen atoms in total. The molecule has 1 saturated heterocycles. The molecular weight excluding hydrogens is 354 g/mol. The van der Waals surface area contributed by atoms with E-state index in [9.17, 15) is 5.26 Å². The summed E-state index contributed by atoms with van der Waals surface area (Å²) < 4.78 is 5.45. The third-order valence-corrected chi connectivity index (χ3v) is 4.37. The van der Waals surface area contributed by atoms with Crippen LogP contribution in [0, 0.1) is 11.3 Å². The Morgan fingerprint density at radius 2 is 1.71 bits per heavy atom. The molecule has 1 aliphatic heterocycles. The van der Waals surface area contributed by atoms with Crippen LogP contribution in [0.4, 0.5) is 28.8 Å². The zero-order valence-electron chi connectivity index (χ0n) is 15.2. The lowest BCUT2D eigenvalue weighted by Crippen LogP contribution is -2.36. The van der Waals surface area contributed by atoms with Gasteiger partial charge in [-0.05, 0) is 24.3 Å². The van der Waals surface area contributed by atoms with Crippen LogP contribution in [-0.4, -0.2) is 41.5 Å². The summed E-state index contributed by atoms with van der Waals surface area (Å²) in [4.78, 5) is 6.76. The third kappa shape index (κ3) is 4.00. The maximum absolute atomic E-state index is 9.23. The van der Waals surface area contributed by atoms with Crippen molar-refractivity contribution in [3.8, 4) is 6.07 Å². The average Bonchev–Trinajstić information content (AvgIpc) is 2.75. The third-order valence-electron chi connectivity index (χ3n) is 4.37. The van der Waals surface area contributed by atoms with Gasteiger partial charge in [0, 0.05) is 13.1 Å². The van der Waals surface area contributed by atoms with Crippen molar-refractivity contribution >= 4 is 28.8 Å². The van der Waals surface area contributed by atoms with E-state index in [2.05, 4.69) is 42.9 Å². The van der Waals surface area contributed by atoms with Crippen LogP contribution in [0.3, 0.4) is 0 Å². The van der Waals surface area contributed by atoms with Crippen molar-refractivity contribution in [2.24, 2.45) is 0 Å². The Bertz CT molecular complexity index is 996. The number of nitriles is 1. The van der Waals surface area contributed by atoms with E-state index in [-0.39, 0.29) is 0 Å². The molecule has 0 bridgehead atoms. The van der Waals surface area contributed by atoms with Gasteiger partial charge in [0.15, 0.2) is 5.82 Å². The second-order valence-electron chi connectivity index (χ2n) is 6.19. The lowest BCUT2D eigenvalue weighted by Gasteiger charge is -2.30. The molecule has 1 aliphatic rings. The largest absolute Gasteiger partial charge is 0.378 e. The van der Waals surface area contributed by atoms with Gasteiger partial charge >= 0.3 is 0 Å². The molecule has 2 heterocycles. The van der Waals surface area contributed by atoms with E-state index < -0.39 is 0 Å². The minimum Gasteiger partial charge on any atom is -0.378 e. The first-order valence-electron chi connectivity index (χ1n) is 8.98. The van der Waals surface area contributed by atoms with Crippen LogP contribution in [0.2, 0.25) is 0 Å². The fourth-order valence-corrected chi connectivity index (χ4v) is 3.02. The number of nitrogens with zero attached hydrogens (tertiary/aromatic N) is 5.